The van der Waals surface area contributed by atoms with E-state index < -0.39 is 10.0 Å². The normalized spacial score (nSPS) is 18.0. The Bertz CT molecular complexity index is 958. The molecule has 1 aliphatic heterocycles. The molecule has 1 saturated heterocycles. The van der Waals surface area contributed by atoms with Gasteiger partial charge >= 0.3 is 0 Å². The summed E-state index contributed by atoms with van der Waals surface area (Å²) in [6, 6.07) is 11.8. The molecule has 0 radical (unpaired) electrons. The first-order valence-corrected chi connectivity index (χ1v) is 11.2. The number of amides is 1. The van der Waals surface area contributed by atoms with Gasteiger partial charge in [0.05, 0.1) is 4.90 Å². The Morgan fingerprint density at radius 1 is 1.14 bits per heavy atom. The Labute approximate surface area is 171 Å². The van der Waals surface area contributed by atoms with E-state index in [1.807, 2.05) is 19.9 Å². The van der Waals surface area contributed by atoms with Gasteiger partial charge < -0.3 is 5.32 Å². The summed E-state index contributed by atoms with van der Waals surface area (Å²) in [6.45, 7) is 4.24. The zero-order chi connectivity index (χ0) is 20.3. The number of hydrogen-bond donors (Lipinski definition) is 1. The summed E-state index contributed by atoms with van der Waals surface area (Å²) >= 11 is 6.02. The Hall–Kier alpha value is -1.89. The second kappa shape index (κ2) is 8.64. The van der Waals surface area contributed by atoms with Gasteiger partial charge in [0.15, 0.2) is 0 Å². The van der Waals surface area contributed by atoms with Crippen LogP contribution in [0.1, 0.15) is 36.8 Å². The summed E-state index contributed by atoms with van der Waals surface area (Å²) in [6.07, 6.45) is 2.51. The highest BCUT2D eigenvalue weighted by Gasteiger charge is 2.34. The van der Waals surface area contributed by atoms with Crippen molar-refractivity contribution in [3.8, 4) is 0 Å². The molecule has 1 amide bonds. The van der Waals surface area contributed by atoms with Crippen LogP contribution < -0.4 is 5.32 Å². The average Bonchev–Trinajstić information content (AvgIpc) is 2.65. The van der Waals surface area contributed by atoms with Crippen molar-refractivity contribution in [1.82, 2.24) is 4.31 Å². The molecule has 150 valence electrons. The lowest BCUT2D eigenvalue weighted by molar-refractivity contribution is -0.117. The van der Waals surface area contributed by atoms with E-state index >= 15 is 0 Å². The van der Waals surface area contributed by atoms with Crippen molar-refractivity contribution in [1.29, 1.82) is 0 Å². The maximum Gasteiger partial charge on any atom is 0.243 e. The molecule has 5 nitrogen and oxygen atoms in total. The third-order valence-electron chi connectivity index (χ3n) is 5.10. The molecule has 7 heteroatoms. The molecule has 0 unspecified atom stereocenters. The molecule has 1 aliphatic rings. The molecule has 1 heterocycles. The zero-order valence-corrected chi connectivity index (χ0v) is 17.7. The van der Waals surface area contributed by atoms with Gasteiger partial charge in [-0.25, -0.2) is 8.42 Å². The minimum atomic E-state index is -3.63. The summed E-state index contributed by atoms with van der Waals surface area (Å²) in [7, 11) is -3.63. The van der Waals surface area contributed by atoms with Crippen LogP contribution in [0.3, 0.4) is 0 Å². The van der Waals surface area contributed by atoms with Crippen molar-refractivity contribution in [3.63, 3.8) is 0 Å². The molecular formula is C21H25ClN2O3S. The van der Waals surface area contributed by atoms with Gasteiger partial charge in [-0.15, -0.1) is 0 Å². The molecule has 0 spiro atoms. The lowest BCUT2D eigenvalue weighted by Gasteiger charge is -2.34. The Morgan fingerprint density at radius 2 is 1.86 bits per heavy atom. The Morgan fingerprint density at radius 3 is 2.57 bits per heavy atom. The molecule has 0 bridgehead atoms. The second-order valence-electron chi connectivity index (χ2n) is 7.29. The number of halogens is 1. The van der Waals surface area contributed by atoms with Crippen LogP contribution in [0, 0.1) is 13.8 Å². The lowest BCUT2D eigenvalue weighted by Crippen LogP contribution is -2.45. The molecule has 28 heavy (non-hydrogen) atoms. The van der Waals surface area contributed by atoms with E-state index in [-0.39, 0.29) is 23.3 Å². The molecule has 2 aromatic rings. The molecular weight excluding hydrogens is 396 g/mol. The summed E-state index contributed by atoms with van der Waals surface area (Å²) in [4.78, 5) is 12.9. The quantitative estimate of drug-likeness (QED) is 0.772. The average molecular weight is 421 g/mol. The summed E-state index contributed by atoms with van der Waals surface area (Å²) in [5.41, 5.74) is 2.57. The van der Waals surface area contributed by atoms with Crippen LogP contribution in [0.5, 0.6) is 0 Å². The predicted molar refractivity (Wildman–Crippen MR) is 112 cm³/mol. The number of piperidine rings is 1. The van der Waals surface area contributed by atoms with Gasteiger partial charge in [0.25, 0.3) is 0 Å². The fourth-order valence-corrected chi connectivity index (χ4v) is 5.35. The molecule has 0 aromatic heterocycles. The topological polar surface area (TPSA) is 66.5 Å². The van der Waals surface area contributed by atoms with Gasteiger partial charge in [0.1, 0.15) is 0 Å². The van der Waals surface area contributed by atoms with Gasteiger partial charge in [-0.3, -0.25) is 4.79 Å². The summed E-state index contributed by atoms with van der Waals surface area (Å²) < 4.78 is 27.7. The maximum absolute atomic E-state index is 13.1. The van der Waals surface area contributed by atoms with Gasteiger partial charge in [-0.1, -0.05) is 41.8 Å². The molecule has 0 saturated carbocycles. The van der Waals surface area contributed by atoms with E-state index in [2.05, 4.69) is 5.32 Å². The van der Waals surface area contributed by atoms with Crippen molar-refractivity contribution in [2.75, 3.05) is 11.9 Å². The van der Waals surface area contributed by atoms with Gasteiger partial charge in [0, 0.05) is 29.7 Å². The number of aryl methyl sites for hydroxylation is 2. The fourth-order valence-electron chi connectivity index (χ4n) is 3.48. The SMILES string of the molecule is Cc1ccc(S(=O)(=O)N2CCCC[C@@H]2CC(=O)Nc2cc(Cl)ccc2C)cc1. The first-order valence-electron chi connectivity index (χ1n) is 9.42. The molecule has 3 rings (SSSR count). The van der Waals surface area contributed by atoms with Crippen molar-refractivity contribution in [3.05, 3.63) is 58.6 Å². The van der Waals surface area contributed by atoms with Crippen molar-refractivity contribution >= 4 is 33.2 Å². The maximum atomic E-state index is 13.1. The van der Waals surface area contributed by atoms with Crippen molar-refractivity contribution in [2.24, 2.45) is 0 Å². The minimum Gasteiger partial charge on any atom is -0.326 e. The smallest absolute Gasteiger partial charge is 0.243 e. The van der Waals surface area contributed by atoms with Gasteiger partial charge in [0.2, 0.25) is 15.9 Å². The van der Waals surface area contributed by atoms with Crippen LogP contribution in [0.25, 0.3) is 0 Å². The van der Waals surface area contributed by atoms with Crippen LogP contribution in [-0.2, 0) is 14.8 Å². The number of nitrogens with zero attached hydrogens (tertiary/aromatic N) is 1. The monoisotopic (exact) mass is 420 g/mol. The highest BCUT2D eigenvalue weighted by Crippen LogP contribution is 2.28. The number of carbonyl (C=O) groups is 1. The lowest BCUT2D eigenvalue weighted by atomic mass is 10.0. The van der Waals surface area contributed by atoms with Crippen molar-refractivity contribution < 1.29 is 13.2 Å². The Balaban J connectivity index is 1.76. The number of hydrogen-bond acceptors (Lipinski definition) is 3. The Kier molecular flexibility index (Phi) is 6.43. The van der Waals surface area contributed by atoms with E-state index in [1.165, 1.54) is 4.31 Å². The third-order valence-corrected chi connectivity index (χ3v) is 7.30. The number of nitrogens with one attached hydrogen (secondary N) is 1. The molecule has 1 N–H and O–H groups in total. The molecule has 2 aromatic carbocycles. The first-order chi connectivity index (χ1) is 13.3. The van der Waals surface area contributed by atoms with E-state index in [0.29, 0.717) is 23.7 Å². The first kappa shape index (κ1) is 20.8. The minimum absolute atomic E-state index is 0.122. The van der Waals surface area contributed by atoms with Crippen LogP contribution in [0.15, 0.2) is 47.4 Å². The number of rotatable bonds is 5. The second-order valence-corrected chi connectivity index (χ2v) is 9.62. The fraction of sp³-hybridized carbons (Fsp3) is 0.381. The highest BCUT2D eigenvalue weighted by atomic mass is 35.5. The van der Waals surface area contributed by atoms with Gasteiger partial charge in [-0.05, 0) is 56.5 Å². The van der Waals surface area contributed by atoms with Crippen LogP contribution >= 0.6 is 11.6 Å². The standard InChI is InChI=1S/C21H25ClN2O3S/c1-15-6-10-19(11-7-15)28(26,27)24-12-4-3-5-18(24)14-21(25)23-20-13-17(22)9-8-16(20)2/h6-11,13,18H,3-5,12,14H2,1-2H3,(H,23,25)/t18-/m1/s1. The van der Waals surface area contributed by atoms with Crippen molar-refractivity contribution in [2.45, 2.75) is 50.5 Å². The van der Waals surface area contributed by atoms with Crippen LogP contribution in [0.2, 0.25) is 5.02 Å². The van der Waals surface area contributed by atoms with E-state index in [0.717, 1.165) is 24.0 Å². The number of benzene rings is 2. The van der Waals surface area contributed by atoms with Gasteiger partial charge in [-0.2, -0.15) is 4.31 Å². The van der Waals surface area contributed by atoms with E-state index in [1.54, 1.807) is 36.4 Å². The predicted octanol–water partition coefficient (Wildman–Crippen LogP) is 4.53. The number of carbonyl (C=O) groups excluding carboxylic acids is 1. The van der Waals surface area contributed by atoms with E-state index in [4.69, 9.17) is 11.6 Å². The van der Waals surface area contributed by atoms with Crippen LogP contribution in [-0.4, -0.2) is 31.2 Å². The highest BCUT2D eigenvalue weighted by molar-refractivity contribution is 7.89. The summed E-state index contributed by atoms with van der Waals surface area (Å²) in [5.74, 6) is -0.207. The third kappa shape index (κ3) is 4.74. The van der Waals surface area contributed by atoms with E-state index in [9.17, 15) is 13.2 Å². The molecule has 1 atom stereocenters. The largest absolute Gasteiger partial charge is 0.326 e. The molecule has 1 fully saturated rings. The molecule has 0 aliphatic carbocycles. The zero-order valence-electron chi connectivity index (χ0n) is 16.1. The summed E-state index contributed by atoms with van der Waals surface area (Å²) in [5, 5.41) is 3.42. The number of sulfonamides is 1. The van der Waals surface area contributed by atoms with Crippen LogP contribution in [0.4, 0.5) is 5.69 Å². The number of anilines is 1.